The van der Waals surface area contributed by atoms with E-state index in [0.29, 0.717) is 24.7 Å². The Morgan fingerprint density at radius 1 is 1.00 bits per heavy atom. The molecular formula is C18H23F3N2OS. The largest absolute Gasteiger partial charge is 0.416 e. The standard InChI is InChI=1S/C18H23F3N2OS/c19-18(20,21)15-4-2-14(3-5-15)17(24)23-9-1-8-22(10-11-23)16-6-12-25-13-7-16/h2-5,16H,1,6-13H2. The Morgan fingerprint density at radius 2 is 1.68 bits per heavy atom. The monoisotopic (exact) mass is 372 g/mol. The summed E-state index contributed by atoms with van der Waals surface area (Å²) in [7, 11) is 0. The minimum Gasteiger partial charge on any atom is -0.337 e. The van der Waals surface area contributed by atoms with E-state index in [4.69, 9.17) is 0 Å². The van der Waals surface area contributed by atoms with E-state index in [1.165, 1.54) is 36.5 Å². The second kappa shape index (κ2) is 7.99. The first kappa shape index (κ1) is 18.6. The van der Waals surface area contributed by atoms with E-state index in [0.717, 1.165) is 31.6 Å². The maximum absolute atomic E-state index is 12.6. The lowest BCUT2D eigenvalue weighted by molar-refractivity contribution is -0.137. The molecule has 3 nitrogen and oxygen atoms in total. The van der Waals surface area contributed by atoms with Gasteiger partial charge in [-0.25, -0.2) is 0 Å². The van der Waals surface area contributed by atoms with Crippen molar-refractivity contribution in [2.75, 3.05) is 37.7 Å². The quantitative estimate of drug-likeness (QED) is 0.790. The van der Waals surface area contributed by atoms with Gasteiger partial charge in [0.15, 0.2) is 0 Å². The lowest BCUT2D eigenvalue weighted by Crippen LogP contribution is -2.41. The van der Waals surface area contributed by atoms with Crippen molar-refractivity contribution in [1.29, 1.82) is 0 Å². The number of rotatable bonds is 2. The van der Waals surface area contributed by atoms with Crippen LogP contribution in [0.15, 0.2) is 24.3 Å². The van der Waals surface area contributed by atoms with E-state index >= 15 is 0 Å². The van der Waals surface area contributed by atoms with Gasteiger partial charge in [0, 0.05) is 37.8 Å². The van der Waals surface area contributed by atoms with Crippen molar-refractivity contribution in [1.82, 2.24) is 9.80 Å². The summed E-state index contributed by atoms with van der Waals surface area (Å²) in [6, 6.07) is 5.15. The Labute approximate surface area is 150 Å². The third-order valence-electron chi connectivity index (χ3n) is 4.98. The number of alkyl halides is 3. The van der Waals surface area contributed by atoms with Gasteiger partial charge in [-0.1, -0.05) is 0 Å². The topological polar surface area (TPSA) is 23.6 Å². The van der Waals surface area contributed by atoms with Crippen molar-refractivity contribution in [2.45, 2.75) is 31.5 Å². The van der Waals surface area contributed by atoms with Gasteiger partial charge in [0.05, 0.1) is 5.56 Å². The molecule has 1 aromatic carbocycles. The van der Waals surface area contributed by atoms with Crippen LogP contribution in [0, 0.1) is 0 Å². The van der Waals surface area contributed by atoms with Gasteiger partial charge in [-0.05, 0) is 55.0 Å². The highest BCUT2D eigenvalue weighted by Gasteiger charge is 2.31. The number of carbonyl (C=O) groups is 1. The molecule has 138 valence electrons. The fraction of sp³-hybridized carbons (Fsp3) is 0.611. The molecular weight excluding hydrogens is 349 g/mol. The minimum absolute atomic E-state index is 0.172. The predicted octanol–water partition coefficient (Wildman–Crippen LogP) is 3.75. The van der Waals surface area contributed by atoms with Crippen LogP contribution in [0.25, 0.3) is 0 Å². The first-order valence-corrected chi connectivity index (χ1v) is 9.89. The van der Waals surface area contributed by atoms with E-state index in [1.807, 2.05) is 11.8 Å². The van der Waals surface area contributed by atoms with Crippen LogP contribution in [0.2, 0.25) is 0 Å². The van der Waals surface area contributed by atoms with Crippen molar-refractivity contribution >= 4 is 17.7 Å². The zero-order valence-corrected chi connectivity index (χ0v) is 14.9. The Hall–Kier alpha value is -1.21. The molecule has 0 unspecified atom stereocenters. The Balaban J connectivity index is 1.61. The molecule has 0 N–H and O–H groups in total. The van der Waals surface area contributed by atoms with E-state index < -0.39 is 11.7 Å². The molecule has 2 fully saturated rings. The first-order valence-electron chi connectivity index (χ1n) is 8.73. The molecule has 0 atom stereocenters. The number of carbonyl (C=O) groups excluding carboxylic acids is 1. The summed E-state index contributed by atoms with van der Waals surface area (Å²) in [6.45, 7) is 3.15. The fourth-order valence-electron chi connectivity index (χ4n) is 3.54. The molecule has 2 heterocycles. The maximum atomic E-state index is 12.6. The average Bonchev–Trinajstić information content (AvgIpc) is 2.87. The van der Waals surface area contributed by atoms with Crippen molar-refractivity contribution in [2.24, 2.45) is 0 Å². The van der Waals surface area contributed by atoms with Crippen molar-refractivity contribution < 1.29 is 18.0 Å². The molecule has 0 aromatic heterocycles. The van der Waals surface area contributed by atoms with Crippen LogP contribution >= 0.6 is 11.8 Å². The summed E-state index contributed by atoms with van der Waals surface area (Å²) in [4.78, 5) is 16.9. The van der Waals surface area contributed by atoms with Crippen LogP contribution < -0.4 is 0 Å². The van der Waals surface area contributed by atoms with Crippen molar-refractivity contribution in [3.63, 3.8) is 0 Å². The van der Waals surface area contributed by atoms with Gasteiger partial charge in [-0.2, -0.15) is 24.9 Å². The minimum atomic E-state index is -4.37. The summed E-state index contributed by atoms with van der Waals surface area (Å²) < 4.78 is 37.9. The second-order valence-corrected chi connectivity index (χ2v) is 7.83. The second-order valence-electron chi connectivity index (χ2n) is 6.60. The Bertz CT molecular complexity index is 585. The molecule has 7 heteroatoms. The van der Waals surface area contributed by atoms with Crippen LogP contribution in [0.1, 0.15) is 35.2 Å². The third kappa shape index (κ3) is 4.70. The first-order chi connectivity index (χ1) is 11.9. The highest BCUT2D eigenvalue weighted by Crippen LogP contribution is 2.29. The van der Waals surface area contributed by atoms with Crippen LogP contribution in [-0.2, 0) is 6.18 Å². The molecule has 2 aliphatic heterocycles. The molecule has 0 radical (unpaired) electrons. The number of thioether (sulfide) groups is 1. The number of nitrogens with zero attached hydrogens (tertiary/aromatic N) is 2. The van der Waals surface area contributed by atoms with Crippen LogP contribution in [0.3, 0.4) is 0 Å². The normalized spacial score (nSPS) is 21.2. The van der Waals surface area contributed by atoms with E-state index in [2.05, 4.69) is 4.90 Å². The molecule has 0 saturated carbocycles. The number of benzene rings is 1. The van der Waals surface area contributed by atoms with Crippen molar-refractivity contribution in [3.8, 4) is 0 Å². The van der Waals surface area contributed by atoms with Gasteiger partial charge in [0.25, 0.3) is 5.91 Å². The SMILES string of the molecule is O=C(c1ccc(C(F)(F)F)cc1)N1CCCN(C2CCSCC2)CC1. The number of hydrogen-bond donors (Lipinski definition) is 0. The summed E-state index contributed by atoms with van der Waals surface area (Å²) in [5.74, 6) is 2.24. The zero-order chi connectivity index (χ0) is 17.9. The lowest BCUT2D eigenvalue weighted by Gasteiger charge is -2.33. The van der Waals surface area contributed by atoms with E-state index in [-0.39, 0.29) is 5.91 Å². The van der Waals surface area contributed by atoms with E-state index in [1.54, 1.807) is 4.90 Å². The molecule has 1 aromatic rings. The van der Waals surface area contributed by atoms with Gasteiger partial charge in [0.2, 0.25) is 0 Å². The van der Waals surface area contributed by atoms with Crippen LogP contribution in [0.5, 0.6) is 0 Å². The summed E-state index contributed by atoms with van der Waals surface area (Å²) in [5.41, 5.74) is -0.392. The molecule has 0 aliphatic carbocycles. The molecule has 25 heavy (non-hydrogen) atoms. The zero-order valence-electron chi connectivity index (χ0n) is 14.1. The van der Waals surface area contributed by atoms with Gasteiger partial charge in [0.1, 0.15) is 0 Å². The molecule has 1 amide bonds. The fourth-order valence-corrected chi connectivity index (χ4v) is 4.62. The predicted molar refractivity (Wildman–Crippen MR) is 93.9 cm³/mol. The Kier molecular flexibility index (Phi) is 5.94. The number of halogens is 3. The smallest absolute Gasteiger partial charge is 0.337 e. The number of amides is 1. The van der Waals surface area contributed by atoms with Crippen LogP contribution in [0.4, 0.5) is 13.2 Å². The molecule has 2 aliphatic rings. The third-order valence-corrected chi connectivity index (χ3v) is 6.03. The summed E-state index contributed by atoms with van der Waals surface area (Å²) in [6.07, 6.45) is -1.05. The molecule has 0 spiro atoms. The van der Waals surface area contributed by atoms with Gasteiger partial charge < -0.3 is 4.90 Å². The van der Waals surface area contributed by atoms with Crippen LogP contribution in [-0.4, -0.2) is 59.4 Å². The molecule has 2 saturated heterocycles. The average molecular weight is 372 g/mol. The molecule has 0 bridgehead atoms. The van der Waals surface area contributed by atoms with Gasteiger partial charge in [-0.3, -0.25) is 9.69 Å². The summed E-state index contributed by atoms with van der Waals surface area (Å²) >= 11 is 2.00. The Morgan fingerprint density at radius 3 is 2.32 bits per heavy atom. The van der Waals surface area contributed by atoms with Gasteiger partial charge >= 0.3 is 6.18 Å². The highest BCUT2D eigenvalue weighted by atomic mass is 32.2. The number of hydrogen-bond acceptors (Lipinski definition) is 3. The van der Waals surface area contributed by atoms with E-state index in [9.17, 15) is 18.0 Å². The van der Waals surface area contributed by atoms with Gasteiger partial charge in [-0.15, -0.1) is 0 Å². The van der Waals surface area contributed by atoms with Crippen molar-refractivity contribution in [3.05, 3.63) is 35.4 Å². The lowest BCUT2D eigenvalue weighted by atomic mass is 10.1. The maximum Gasteiger partial charge on any atom is 0.416 e. The summed E-state index contributed by atoms with van der Waals surface area (Å²) in [5, 5.41) is 0. The highest BCUT2D eigenvalue weighted by molar-refractivity contribution is 7.99. The molecule has 3 rings (SSSR count).